The van der Waals surface area contributed by atoms with Crippen molar-refractivity contribution in [3.05, 3.63) is 63.7 Å². The predicted molar refractivity (Wildman–Crippen MR) is 119 cm³/mol. The monoisotopic (exact) mass is 438 g/mol. The van der Waals surface area contributed by atoms with Crippen molar-refractivity contribution in [3.8, 4) is 11.7 Å². The number of ether oxygens (including phenoxy) is 1. The summed E-state index contributed by atoms with van der Waals surface area (Å²) in [4.78, 5) is 43.7. The highest BCUT2D eigenvalue weighted by Crippen LogP contribution is 2.17. The third-order valence-electron chi connectivity index (χ3n) is 4.64. The molecule has 0 radical (unpaired) electrons. The number of para-hydroxylation sites is 1. The van der Waals surface area contributed by atoms with Gasteiger partial charge in [-0.05, 0) is 31.4 Å². The molecule has 168 valence electrons. The summed E-state index contributed by atoms with van der Waals surface area (Å²) in [7, 11) is 1.58. The minimum absolute atomic E-state index is 0.168. The van der Waals surface area contributed by atoms with Crippen LogP contribution in [0.15, 0.2) is 41.2 Å². The van der Waals surface area contributed by atoms with Gasteiger partial charge in [-0.3, -0.25) is 19.4 Å². The lowest BCUT2D eigenvalue weighted by Crippen LogP contribution is -2.37. The first-order chi connectivity index (χ1) is 15.4. The molecule has 0 saturated carbocycles. The Morgan fingerprint density at radius 3 is 2.69 bits per heavy atom. The number of H-pyrrole nitrogens is 1. The number of benzene rings is 1. The number of hydrogen-bond acceptors (Lipinski definition) is 6. The lowest BCUT2D eigenvalue weighted by Gasteiger charge is -2.10. The Bertz CT molecular complexity index is 1170. The number of anilines is 1. The Labute approximate surface area is 185 Å². The first-order valence-corrected chi connectivity index (χ1v) is 10.3. The van der Waals surface area contributed by atoms with E-state index in [1.54, 1.807) is 20.1 Å². The number of rotatable bonds is 8. The molecule has 3 N–H and O–H groups in total. The zero-order chi connectivity index (χ0) is 23.1. The van der Waals surface area contributed by atoms with Crippen LogP contribution in [0.5, 0.6) is 5.75 Å². The van der Waals surface area contributed by atoms with Crippen molar-refractivity contribution in [2.24, 2.45) is 0 Å². The first-order valence-electron chi connectivity index (χ1n) is 10.3. The summed E-state index contributed by atoms with van der Waals surface area (Å²) in [6.07, 6.45) is 1.97. The fourth-order valence-corrected chi connectivity index (χ4v) is 3.20. The molecule has 0 saturated heterocycles. The fraction of sp³-hybridized carbons (Fsp3) is 0.318. The van der Waals surface area contributed by atoms with Gasteiger partial charge in [0.15, 0.2) is 0 Å². The van der Waals surface area contributed by atoms with E-state index < -0.39 is 11.8 Å². The molecule has 0 bridgehead atoms. The van der Waals surface area contributed by atoms with Gasteiger partial charge in [0.1, 0.15) is 11.6 Å². The van der Waals surface area contributed by atoms with E-state index in [0.717, 1.165) is 17.7 Å². The number of aromatic amines is 1. The molecule has 0 fully saturated rings. The van der Waals surface area contributed by atoms with E-state index in [0.29, 0.717) is 24.2 Å². The molecule has 0 aliphatic carbocycles. The second-order valence-corrected chi connectivity index (χ2v) is 7.16. The number of aryl methyl sites for hydroxylation is 2. The van der Waals surface area contributed by atoms with Crippen LogP contribution < -0.4 is 20.9 Å². The number of nitrogens with one attached hydrogen (secondary N) is 3. The normalized spacial score (nSPS) is 10.6. The zero-order valence-corrected chi connectivity index (χ0v) is 18.3. The molecule has 0 aliphatic rings. The molecule has 2 heterocycles. The van der Waals surface area contributed by atoms with Crippen molar-refractivity contribution in [1.82, 2.24) is 25.1 Å². The number of amides is 2. The van der Waals surface area contributed by atoms with Gasteiger partial charge in [-0.2, -0.15) is 9.78 Å². The number of aromatic nitrogens is 4. The van der Waals surface area contributed by atoms with Crippen molar-refractivity contribution in [2.75, 3.05) is 19.0 Å². The maximum absolute atomic E-state index is 12.4. The number of carbonyl (C=O) groups excluding carboxylic acids is 2. The van der Waals surface area contributed by atoms with Crippen LogP contribution in [-0.4, -0.2) is 45.2 Å². The van der Waals surface area contributed by atoms with Crippen LogP contribution in [0.4, 0.5) is 5.82 Å². The van der Waals surface area contributed by atoms with Gasteiger partial charge < -0.3 is 15.4 Å². The molecule has 2 amide bonds. The molecule has 0 aliphatic heterocycles. The van der Waals surface area contributed by atoms with E-state index in [2.05, 4.69) is 25.7 Å². The van der Waals surface area contributed by atoms with Gasteiger partial charge in [0, 0.05) is 24.4 Å². The summed E-state index contributed by atoms with van der Waals surface area (Å²) in [6, 6.07) is 10.5. The molecule has 0 unspecified atom stereocenters. The molecule has 10 nitrogen and oxygen atoms in total. The van der Waals surface area contributed by atoms with Crippen molar-refractivity contribution in [1.29, 1.82) is 0 Å². The molecule has 2 aromatic heterocycles. The SMILES string of the molecule is CCCc1cc(=O)[nH]c(-n2nc(C)cc2NC(=O)C(=O)NCCc2ccccc2OC)n1. The van der Waals surface area contributed by atoms with Crippen LogP contribution in [-0.2, 0) is 22.4 Å². The summed E-state index contributed by atoms with van der Waals surface area (Å²) >= 11 is 0. The van der Waals surface area contributed by atoms with E-state index in [1.165, 1.54) is 10.7 Å². The van der Waals surface area contributed by atoms with Crippen LogP contribution in [0.25, 0.3) is 5.95 Å². The lowest BCUT2D eigenvalue weighted by molar-refractivity contribution is -0.136. The van der Waals surface area contributed by atoms with E-state index in [4.69, 9.17) is 4.74 Å². The quantitative estimate of drug-likeness (QED) is 0.457. The molecular formula is C22H26N6O4. The Morgan fingerprint density at radius 1 is 1.16 bits per heavy atom. The number of methoxy groups -OCH3 is 1. The van der Waals surface area contributed by atoms with Gasteiger partial charge in [0.2, 0.25) is 5.95 Å². The number of hydrogen-bond donors (Lipinski definition) is 3. The third-order valence-corrected chi connectivity index (χ3v) is 4.64. The number of nitrogens with zero attached hydrogens (tertiary/aromatic N) is 3. The average Bonchev–Trinajstić information content (AvgIpc) is 3.13. The first kappa shape index (κ1) is 22.7. The van der Waals surface area contributed by atoms with Crippen LogP contribution in [0.1, 0.15) is 30.3 Å². The highest BCUT2D eigenvalue weighted by Gasteiger charge is 2.18. The van der Waals surface area contributed by atoms with E-state index >= 15 is 0 Å². The summed E-state index contributed by atoms with van der Waals surface area (Å²) in [5.74, 6) is -0.521. The van der Waals surface area contributed by atoms with Crippen LogP contribution in [0.3, 0.4) is 0 Å². The van der Waals surface area contributed by atoms with E-state index in [1.807, 2.05) is 31.2 Å². The molecule has 32 heavy (non-hydrogen) atoms. The third kappa shape index (κ3) is 5.60. The minimum Gasteiger partial charge on any atom is -0.496 e. The Hall–Kier alpha value is -3.95. The molecular weight excluding hydrogens is 412 g/mol. The van der Waals surface area contributed by atoms with Gasteiger partial charge in [0.05, 0.1) is 12.8 Å². The van der Waals surface area contributed by atoms with E-state index in [-0.39, 0.29) is 23.9 Å². The predicted octanol–water partition coefficient (Wildman–Crippen LogP) is 1.52. The van der Waals surface area contributed by atoms with Crippen LogP contribution in [0, 0.1) is 6.92 Å². The average molecular weight is 438 g/mol. The summed E-state index contributed by atoms with van der Waals surface area (Å²) in [5, 5.41) is 9.41. The Kier molecular flexibility index (Phi) is 7.37. The molecule has 10 heteroatoms. The molecule has 3 rings (SSSR count). The largest absolute Gasteiger partial charge is 0.496 e. The number of carbonyl (C=O) groups is 2. The standard InChI is InChI=1S/C22H26N6O4/c1-4-7-16-13-19(29)26-22(24-16)28-18(12-14(2)27-28)25-21(31)20(30)23-11-10-15-8-5-6-9-17(15)32-3/h5-6,8-9,12-13H,4,7,10-11H2,1-3H3,(H,23,30)(H,25,31)(H,24,26,29). The lowest BCUT2D eigenvalue weighted by atomic mass is 10.1. The molecule has 0 spiro atoms. The molecule has 0 atom stereocenters. The van der Waals surface area contributed by atoms with Gasteiger partial charge in [-0.25, -0.2) is 4.98 Å². The second-order valence-electron chi connectivity index (χ2n) is 7.16. The van der Waals surface area contributed by atoms with E-state index in [9.17, 15) is 14.4 Å². The van der Waals surface area contributed by atoms with Crippen molar-refractivity contribution >= 4 is 17.6 Å². The topological polar surface area (TPSA) is 131 Å². The summed E-state index contributed by atoms with van der Waals surface area (Å²) in [6.45, 7) is 3.98. The van der Waals surface area contributed by atoms with Crippen molar-refractivity contribution < 1.29 is 14.3 Å². The maximum Gasteiger partial charge on any atom is 0.314 e. The highest BCUT2D eigenvalue weighted by molar-refractivity contribution is 6.39. The smallest absolute Gasteiger partial charge is 0.314 e. The Morgan fingerprint density at radius 2 is 1.94 bits per heavy atom. The maximum atomic E-state index is 12.4. The van der Waals surface area contributed by atoms with Gasteiger partial charge >= 0.3 is 11.8 Å². The zero-order valence-electron chi connectivity index (χ0n) is 18.3. The van der Waals surface area contributed by atoms with Gasteiger partial charge in [-0.15, -0.1) is 0 Å². The minimum atomic E-state index is -0.849. The molecule has 3 aromatic rings. The second kappa shape index (κ2) is 10.4. The van der Waals surface area contributed by atoms with Crippen LogP contribution >= 0.6 is 0 Å². The summed E-state index contributed by atoms with van der Waals surface area (Å²) < 4.78 is 6.59. The van der Waals surface area contributed by atoms with Gasteiger partial charge in [0.25, 0.3) is 5.56 Å². The highest BCUT2D eigenvalue weighted by atomic mass is 16.5. The van der Waals surface area contributed by atoms with Gasteiger partial charge in [-0.1, -0.05) is 31.5 Å². The Balaban J connectivity index is 1.68. The molecule has 1 aromatic carbocycles. The summed E-state index contributed by atoms with van der Waals surface area (Å²) in [5.41, 5.74) is 1.80. The van der Waals surface area contributed by atoms with Crippen molar-refractivity contribution in [2.45, 2.75) is 33.1 Å². The van der Waals surface area contributed by atoms with Crippen LogP contribution in [0.2, 0.25) is 0 Å². The van der Waals surface area contributed by atoms with Crippen molar-refractivity contribution in [3.63, 3.8) is 0 Å². The fourth-order valence-electron chi connectivity index (χ4n) is 3.20.